The Morgan fingerprint density at radius 2 is 2.16 bits per heavy atom. The van der Waals surface area contributed by atoms with Gasteiger partial charge in [0.2, 0.25) is 0 Å². The average molecular weight is 282 g/mol. The Labute approximate surface area is 121 Å². The summed E-state index contributed by atoms with van der Waals surface area (Å²) in [4.78, 5) is 4.79. The highest BCUT2D eigenvalue weighted by Crippen LogP contribution is 2.29. The molecule has 0 radical (unpaired) electrons. The molecule has 1 aromatic rings. The number of hydrogen-bond donors (Lipinski definition) is 1. The lowest BCUT2D eigenvalue weighted by atomic mass is 9.99. The molecule has 0 bridgehead atoms. The number of halogens is 1. The molecule has 0 aliphatic carbocycles. The van der Waals surface area contributed by atoms with Crippen molar-refractivity contribution in [1.29, 1.82) is 0 Å². The molecule has 0 saturated carbocycles. The summed E-state index contributed by atoms with van der Waals surface area (Å²) in [5, 5.41) is 0.784. The summed E-state index contributed by atoms with van der Waals surface area (Å²) in [7, 11) is 4.29. The molecule has 19 heavy (non-hydrogen) atoms. The molecule has 2 N–H and O–H groups in total. The molecule has 1 saturated heterocycles. The first kappa shape index (κ1) is 14.8. The molecule has 4 heteroatoms. The monoisotopic (exact) mass is 281 g/mol. The van der Waals surface area contributed by atoms with E-state index in [0.29, 0.717) is 6.04 Å². The maximum absolute atomic E-state index is 6.22. The van der Waals surface area contributed by atoms with E-state index >= 15 is 0 Å². The van der Waals surface area contributed by atoms with Gasteiger partial charge in [0, 0.05) is 36.2 Å². The van der Waals surface area contributed by atoms with Crippen molar-refractivity contribution in [3.63, 3.8) is 0 Å². The Bertz CT molecular complexity index is 420. The van der Waals surface area contributed by atoms with E-state index in [1.54, 1.807) is 0 Å². The standard InChI is InChI=1S/C15H24ClN3/c1-11(17)15(12-5-4-6-13(16)9-12)19-8-7-14(10-19)18(2)3/h4-6,9,11,14-15H,7-8,10,17H2,1-3H3. The minimum atomic E-state index is 0.0966. The maximum atomic E-state index is 6.22. The molecule has 1 aromatic carbocycles. The summed E-state index contributed by atoms with van der Waals surface area (Å²) in [6.45, 7) is 4.25. The zero-order valence-electron chi connectivity index (χ0n) is 12.0. The lowest BCUT2D eigenvalue weighted by Gasteiger charge is -2.32. The summed E-state index contributed by atoms with van der Waals surface area (Å²) in [5.74, 6) is 0. The van der Waals surface area contributed by atoms with Crippen molar-refractivity contribution in [3.05, 3.63) is 34.9 Å². The maximum Gasteiger partial charge on any atom is 0.0497 e. The fourth-order valence-corrected chi connectivity index (χ4v) is 3.18. The second kappa shape index (κ2) is 6.23. The Morgan fingerprint density at radius 3 is 2.68 bits per heavy atom. The highest BCUT2D eigenvalue weighted by molar-refractivity contribution is 6.30. The number of benzene rings is 1. The summed E-state index contributed by atoms with van der Waals surface area (Å²) in [6, 6.07) is 9.06. The smallest absolute Gasteiger partial charge is 0.0497 e. The van der Waals surface area contributed by atoms with Gasteiger partial charge in [-0.25, -0.2) is 0 Å². The van der Waals surface area contributed by atoms with Crippen LogP contribution < -0.4 is 5.73 Å². The lowest BCUT2D eigenvalue weighted by Crippen LogP contribution is -2.40. The molecule has 1 aliphatic heterocycles. The van der Waals surface area contributed by atoms with E-state index in [4.69, 9.17) is 17.3 Å². The van der Waals surface area contributed by atoms with E-state index in [1.165, 1.54) is 12.0 Å². The van der Waals surface area contributed by atoms with Crippen molar-refractivity contribution < 1.29 is 0 Å². The van der Waals surface area contributed by atoms with Crippen LogP contribution in [0, 0.1) is 0 Å². The van der Waals surface area contributed by atoms with Gasteiger partial charge >= 0.3 is 0 Å². The third-order valence-electron chi connectivity index (χ3n) is 4.01. The van der Waals surface area contributed by atoms with Gasteiger partial charge in [-0.2, -0.15) is 0 Å². The van der Waals surface area contributed by atoms with Gasteiger partial charge in [0.1, 0.15) is 0 Å². The van der Waals surface area contributed by atoms with Gasteiger partial charge in [0.05, 0.1) is 0 Å². The second-order valence-corrected chi connectivity index (χ2v) is 6.20. The summed E-state index contributed by atoms with van der Waals surface area (Å²) in [5.41, 5.74) is 7.45. The van der Waals surface area contributed by atoms with Gasteiger partial charge in [-0.15, -0.1) is 0 Å². The van der Waals surface area contributed by atoms with Gasteiger partial charge in [-0.3, -0.25) is 4.90 Å². The van der Waals surface area contributed by atoms with Crippen LogP contribution in [0.5, 0.6) is 0 Å². The van der Waals surface area contributed by atoms with E-state index in [9.17, 15) is 0 Å². The van der Waals surface area contributed by atoms with Crippen LogP contribution in [0.15, 0.2) is 24.3 Å². The molecule has 0 amide bonds. The molecule has 2 rings (SSSR count). The summed E-state index contributed by atoms with van der Waals surface area (Å²) >= 11 is 6.11. The van der Waals surface area contributed by atoms with Crippen LogP contribution in [0.2, 0.25) is 5.02 Å². The molecule has 3 unspecified atom stereocenters. The zero-order valence-corrected chi connectivity index (χ0v) is 12.8. The van der Waals surface area contributed by atoms with Crippen molar-refractivity contribution in [2.75, 3.05) is 27.2 Å². The average Bonchev–Trinajstić information content (AvgIpc) is 2.78. The summed E-state index contributed by atoms with van der Waals surface area (Å²) < 4.78 is 0. The lowest BCUT2D eigenvalue weighted by molar-refractivity contribution is 0.197. The van der Waals surface area contributed by atoms with Crippen molar-refractivity contribution in [1.82, 2.24) is 9.80 Å². The Kier molecular flexibility index (Phi) is 4.85. The molecule has 0 spiro atoms. The van der Waals surface area contributed by atoms with Crippen LogP contribution in [0.3, 0.4) is 0 Å². The minimum absolute atomic E-state index is 0.0966. The number of likely N-dealkylation sites (N-methyl/N-ethyl adjacent to an activating group) is 1. The quantitative estimate of drug-likeness (QED) is 0.920. The molecule has 1 fully saturated rings. The highest BCUT2D eigenvalue weighted by Gasteiger charge is 2.31. The number of nitrogens with two attached hydrogens (primary N) is 1. The first-order valence-electron chi connectivity index (χ1n) is 6.90. The molecule has 1 heterocycles. The van der Waals surface area contributed by atoms with Gasteiger partial charge in [-0.05, 0) is 45.1 Å². The van der Waals surface area contributed by atoms with E-state index in [2.05, 4.69) is 36.9 Å². The Morgan fingerprint density at radius 1 is 1.42 bits per heavy atom. The SMILES string of the molecule is CC(N)C(c1cccc(Cl)c1)N1CCC(N(C)C)C1. The largest absolute Gasteiger partial charge is 0.326 e. The predicted molar refractivity (Wildman–Crippen MR) is 81.5 cm³/mol. The van der Waals surface area contributed by atoms with E-state index < -0.39 is 0 Å². The molecule has 3 nitrogen and oxygen atoms in total. The Balaban J connectivity index is 2.18. The van der Waals surface area contributed by atoms with Gasteiger partial charge in [0.25, 0.3) is 0 Å². The van der Waals surface area contributed by atoms with Crippen molar-refractivity contribution >= 4 is 11.6 Å². The number of likely N-dealkylation sites (tertiary alicyclic amines) is 1. The predicted octanol–water partition coefficient (Wildman–Crippen LogP) is 2.36. The van der Waals surface area contributed by atoms with Crippen LogP contribution in [0.4, 0.5) is 0 Å². The number of hydrogen-bond acceptors (Lipinski definition) is 3. The number of rotatable bonds is 4. The fraction of sp³-hybridized carbons (Fsp3) is 0.600. The molecular formula is C15H24ClN3. The van der Waals surface area contributed by atoms with E-state index in [-0.39, 0.29) is 12.1 Å². The van der Waals surface area contributed by atoms with Crippen molar-refractivity contribution in [2.24, 2.45) is 5.73 Å². The van der Waals surface area contributed by atoms with Crippen LogP contribution in [-0.2, 0) is 0 Å². The van der Waals surface area contributed by atoms with Crippen LogP contribution >= 0.6 is 11.6 Å². The van der Waals surface area contributed by atoms with Crippen LogP contribution in [0.25, 0.3) is 0 Å². The zero-order chi connectivity index (χ0) is 14.0. The minimum Gasteiger partial charge on any atom is -0.326 e. The summed E-state index contributed by atoms with van der Waals surface area (Å²) in [6.07, 6.45) is 1.21. The van der Waals surface area contributed by atoms with Crippen LogP contribution in [-0.4, -0.2) is 49.1 Å². The number of nitrogens with zero attached hydrogens (tertiary/aromatic N) is 2. The third-order valence-corrected chi connectivity index (χ3v) is 4.24. The first-order chi connectivity index (χ1) is 8.99. The molecule has 106 valence electrons. The molecular weight excluding hydrogens is 258 g/mol. The second-order valence-electron chi connectivity index (χ2n) is 5.76. The molecule has 3 atom stereocenters. The normalized spacial score (nSPS) is 23.8. The third kappa shape index (κ3) is 3.48. The van der Waals surface area contributed by atoms with Gasteiger partial charge in [0.15, 0.2) is 0 Å². The van der Waals surface area contributed by atoms with E-state index in [0.717, 1.165) is 18.1 Å². The fourth-order valence-electron chi connectivity index (χ4n) is 2.98. The van der Waals surface area contributed by atoms with Crippen molar-refractivity contribution in [3.8, 4) is 0 Å². The molecule has 1 aliphatic rings. The Hall–Kier alpha value is -0.610. The van der Waals surface area contributed by atoms with Gasteiger partial charge in [-0.1, -0.05) is 23.7 Å². The van der Waals surface area contributed by atoms with Crippen molar-refractivity contribution in [2.45, 2.75) is 31.5 Å². The molecule has 0 aromatic heterocycles. The van der Waals surface area contributed by atoms with Crippen LogP contribution in [0.1, 0.15) is 24.9 Å². The topological polar surface area (TPSA) is 32.5 Å². The first-order valence-corrected chi connectivity index (χ1v) is 7.28. The highest BCUT2D eigenvalue weighted by atomic mass is 35.5. The van der Waals surface area contributed by atoms with E-state index in [1.807, 2.05) is 18.2 Å². The van der Waals surface area contributed by atoms with Gasteiger partial charge < -0.3 is 10.6 Å².